The van der Waals surface area contributed by atoms with Crippen molar-refractivity contribution in [2.45, 2.75) is 43.6 Å². The average Bonchev–Trinajstić information content (AvgIpc) is 2.65. The molecule has 0 aliphatic carbocycles. The normalized spacial score (nSPS) is 11.5. The molecule has 5 nitrogen and oxygen atoms in total. The van der Waals surface area contributed by atoms with E-state index in [1.54, 1.807) is 28.8 Å². The molecule has 29 heavy (non-hydrogen) atoms. The lowest BCUT2D eigenvalue weighted by atomic mass is 10.2. The molecule has 0 unspecified atom stereocenters. The summed E-state index contributed by atoms with van der Waals surface area (Å²) in [4.78, 5) is 19.8. The minimum absolute atomic E-state index is 0.224. The third-order valence-corrected chi connectivity index (χ3v) is 4.81. The minimum Gasteiger partial charge on any atom is -0.444 e. The zero-order valence-electron chi connectivity index (χ0n) is 17.2. The highest BCUT2D eigenvalue weighted by Crippen LogP contribution is 2.24. The molecule has 0 spiro atoms. The standard InChI is InChI=1S/C22H27FN2O3S/c1-22(2,3)28-21(26)25(13-12-24-27-4)15-17-8-10-20(11-9-17)29-16-18-6-5-7-19(23)14-18/h5-12,14H,13,15-16H2,1-4H3/b24-12+. The van der Waals surface area contributed by atoms with Gasteiger partial charge in [-0.1, -0.05) is 29.4 Å². The van der Waals surface area contributed by atoms with Crippen LogP contribution in [0.5, 0.6) is 0 Å². The topological polar surface area (TPSA) is 51.1 Å². The summed E-state index contributed by atoms with van der Waals surface area (Å²) in [5.74, 6) is 0.465. The quantitative estimate of drug-likeness (QED) is 0.323. The first-order valence-electron chi connectivity index (χ1n) is 9.26. The molecule has 0 heterocycles. The van der Waals surface area contributed by atoms with Gasteiger partial charge in [-0.3, -0.25) is 4.90 Å². The van der Waals surface area contributed by atoms with Crippen molar-refractivity contribution in [1.29, 1.82) is 0 Å². The lowest BCUT2D eigenvalue weighted by Gasteiger charge is -2.26. The Labute approximate surface area is 175 Å². The fourth-order valence-corrected chi connectivity index (χ4v) is 3.28. The molecule has 0 atom stereocenters. The summed E-state index contributed by atoms with van der Waals surface area (Å²) in [6, 6.07) is 14.5. The molecule has 0 saturated heterocycles. The number of nitrogens with zero attached hydrogens (tertiary/aromatic N) is 2. The number of thioether (sulfide) groups is 1. The molecule has 2 aromatic rings. The largest absolute Gasteiger partial charge is 0.444 e. The van der Waals surface area contributed by atoms with Crippen molar-refractivity contribution in [3.63, 3.8) is 0 Å². The van der Waals surface area contributed by atoms with Crippen LogP contribution in [-0.2, 0) is 21.9 Å². The lowest BCUT2D eigenvalue weighted by Crippen LogP contribution is -2.37. The molecule has 0 aromatic heterocycles. The molecule has 0 fully saturated rings. The number of halogens is 1. The molecule has 2 aromatic carbocycles. The minimum atomic E-state index is -0.578. The second-order valence-corrected chi connectivity index (χ2v) is 8.44. The first-order chi connectivity index (χ1) is 13.8. The first kappa shape index (κ1) is 22.7. The maximum Gasteiger partial charge on any atom is 0.410 e. The van der Waals surface area contributed by atoms with E-state index >= 15 is 0 Å². The van der Waals surface area contributed by atoms with Gasteiger partial charge in [-0.2, -0.15) is 0 Å². The highest BCUT2D eigenvalue weighted by molar-refractivity contribution is 7.98. The molecular formula is C22H27FN2O3S. The van der Waals surface area contributed by atoms with Gasteiger partial charge in [0.2, 0.25) is 0 Å². The van der Waals surface area contributed by atoms with Gasteiger partial charge in [-0.15, -0.1) is 11.8 Å². The van der Waals surface area contributed by atoms with Crippen LogP contribution in [0, 0.1) is 5.82 Å². The van der Waals surface area contributed by atoms with Crippen LogP contribution in [0.1, 0.15) is 31.9 Å². The molecule has 1 amide bonds. The van der Waals surface area contributed by atoms with Crippen LogP contribution in [0.15, 0.2) is 58.6 Å². The Morgan fingerprint density at radius 3 is 2.52 bits per heavy atom. The zero-order valence-corrected chi connectivity index (χ0v) is 18.0. The summed E-state index contributed by atoms with van der Waals surface area (Å²) in [7, 11) is 1.45. The maximum atomic E-state index is 13.3. The smallest absolute Gasteiger partial charge is 0.410 e. The maximum absolute atomic E-state index is 13.3. The van der Waals surface area contributed by atoms with Crippen molar-refractivity contribution < 1.29 is 18.8 Å². The van der Waals surface area contributed by atoms with Gasteiger partial charge in [0.1, 0.15) is 18.5 Å². The van der Waals surface area contributed by atoms with Gasteiger partial charge in [-0.25, -0.2) is 9.18 Å². The molecular weight excluding hydrogens is 391 g/mol. The number of hydrogen-bond donors (Lipinski definition) is 0. The molecule has 0 N–H and O–H groups in total. The van der Waals surface area contributed by atoms with Crippen LogP contribution >= 0.6 is 11.8 Å². The van der Waals surface area contributed by atoms with Gasteiger partial charge in [0.05, 0.1) is 12.8 Å². The van der Waals surface area contributed by atoms with Gasteiger partial charge < -0.3 is 9.57 Å². The molecule has 0 saturated carbocycles. The van der Waals surface area contributed by atoms with Gasteiger partial charge >= 0.3 is 6.09 Å². The Kier molecular flexibility index (Phi) is 8.51. The van der Waals surface area contributed by atoms with Crippen LogP contribution in [0.3, 0.4) is 0 Å². The fourth-order valence-electron chi connectivity index (χ4n) is 2.44. The SMILES string of the molecule is CO/N=C/CN(Cc1ccc(SCc2cccc(F)c2)cc1)C(=O)OC(C)(C)C. The van der Waals surface area contributed by atoms with E-state index in [0.717, 1.165) is 16.0 Å². The second-order valence-electron chi connectivity index (χ2n) is 7.39. The van der Waals surface area contributed by atoms with E-state index in [9.17, 15) is 9.18 Å². The summed E-state index contributed by atoms with van der Waals surface area (Å²) >= 11 is 1.63. The number of carbonyl (C=O) groups excluding carboxylic acids is 1. The third-order valence-electron chi connectivity index (χ3n) is 3.72. The Morgan fingerprint density at radius 1 is 1.17 bits per heavy atom. The van der Waals surface area contributed by atoms with Gasteiger partial charge in [0.15, 0.2) is 0 Å². The highest BCUT2D eigenvalue weighted by Gasteiger charge is 2.21. The first-order valence-corrected chi connectivity index (χ1v) is 10.2. The van der Waals surface area contributed by atoms with Gasteiger partial charge in [0.25, 0.3) is 0 Å². The van der Waals surface area contributed by atoms with Crippen LogP contribution in [0.4, 0.5) is 9.18 Å². The molecule has 0 aliphatic rings. The van der Waals surface area contributed by atoms with Crippen LogP contribution in [-0.4, -0.2) is 36.5 Å². The van der Waals surface area contributed by atoms with Crippen molar-refractivity contribution in [2.24, 2.45) is 5.16 Å². The molecule has 0 bridgehead atoms. The van der Waals surface area contributed by atoms with E-state index in [1.807, 2.05) is 51.1 Å². The number of ether oxygens (including phenoxy) is 1. The third kappa shape index (κ3) is 8.56. The monoisotopic (exact) mass is 418 g/mol. The number of carbonyl (C=O) groups is 1. The molecule has 7 heteroatoms. The van der Waals surface area contributed by atoms with Crippen LogP contribution < -0.4 is 0 Å². The van der Waals surface area contributed by atoms with E-state index in [2.05, 4.69) is 9.99 Å². The van der Waals surface area contributed by atoms with Gasteiger partial charge in [-0.05, 0) is 56.2 Å². The molecule has 2 rings (SSSR count). The van der Waals surface area contributed by atoms with Gasteiger partial charge in [0, 0.05) is 17.2 Å². The number of hydrogen-bond acceptors (Lipinski definition) is 5. The van der Waals surface area contributed by atoms with Crippen molar-refractivity contribution in [1.82, 2.24) is 4.90 Å². The Balaban J connectivity index is 1.99. The van der Waals surface area contributed by atoms with Crippen molar-refractivity contribution in [3.8, 4) is 0 Å². The second kappa shape index (κ2) is 10.9. The Morgan fingerprint density at radius 2 is 1.90 bits per heavy atom. The Bertz CT molecular complexity index is 820. The molecule has 0 aliphatic heterocycles. The average molecular weight is 419 g/mol. The summed E-state index contributed by atoms with van der Waals surface area (Å²) in [5, 5.41) is 3.70. The predicted octanol–water partition coefficient (Wildman–Crippen LogP) is 5.49. The Hall–Kier alpha value is -2.54. The van der Waals surface area contributed by atoms with Crippen molar-refractivity contribution in [3.05, 3.63) is 65.5 Å². The van der Waals surface area contributed by atoms with Crippen LogP contribution in [0.25, 0.3) is 0 Å². The summed E-state index contributed by atoms with van der Waals surface area (Å²) in [6.07, 6.45) is 1.11. The summed E-state index contributed by atoms with van der Waals surface area (Å²) in [5.41, 5.74) is 1.33. The van der Waals surface area contributed by atoms with E-state index in [1.165, 1.54) is 19.4 Å². The van der Waals surface area contributed by atoms with E-state index in [4.69, 9.17) is 4.74 Å². The summed E-state index contributed by atoms with van der Waals surface area (Å²) in [6.45, 7) is 6.16. The van der Waals surface area contributed by atoms with E-state index < -0.39 is 11.7 Å². The summed E-state index contributed by atoms with van der Waals surface area (Å²) < 4.78 is 18.8. The molecule has 0 radical (unpaired) electrons. The number of amides is 1. The van der Waals surface area contributed by atoms with Crippen molar-refractivity contribution >= 4 is 24.1 Å². The van der Waals surface area contributed by atoms with Crippen molar-refractivity contribution in [2.75, 3.05) is 13.7 Å². The fraction of sp³-hybridized carbons (Fsp3) is 0.364. The molecule has 156 valence electrons. The zero-order chi connectivity index (χ0) is 21.3. The van der Waals surface area contributed by atoms with Crippen LogP contribution in [0.2, 0.25) is 0 Å². The number of oxime groups is 1. The number of benzene rings is 2. The van der Waals surface area contributed by atoms with E-state index in [-0.39, 0.29) is 12.4 Å². The predicted molar refractivity (Wildman–Crippen MR) is 115 cm³/mol. The highest BCUT2D eigenvalue weighted by atomic mass is 32.2. The number of rotatable bonds is 8. The lowest BCUT2D eigenvalue weighted by molar-refractivity contribution is 0.0265. The van der Waals surface area contributed by atoms with E-state index in [0.29, 0.717) is 12.3 Å².